The van der Waals surface area contributed by atoms with Crippen LogP contribution in [0.3, 0.4) is 0 Å². The van der Waals surface area contributed by atoms with Crippen molar-refractivity contribution in [3.05, 3.63) is 139 Å². The van der Waals surface area contributed by atoms with E-state index in [1.165, 1.54) is 12.1 Å². The Morgan fingerprint density at radius 2 is 0.900 bits per heavy atom. The van der Waals surface area contributed by atoms with Crippen molar-refractivity contribution in [2.24, 2.45) is 0 Å². The van der Waals surface area contributed by atoms with Crippen molar-refractivity contribution < 1.29 is 20.4 Å². The molecule has 1 fully saturated rings. The van der Waals surface area contributed by atoms with E-state index in [4.69, 9.17) is 0 Å². The minimum atomic E-state index is -1.31. The van der Waals surface area contributed by atoms with Gasteiger partial charge in [-0.05, 0) is 48.5 Å². The lowest BCUT2D eigenvalue weighted by atomic mass is 9.68. The van der Waals surface area contributed by atoms with Gasteiger partial charge in [0.15, 0.2) is 0 Å². The van der Waals surface area contributed by atoms with Crippen molar-refractivity contribution in [3.63, 3.8) is 0 Å². The Balaban J connectivity index is 1.36. The number of benzene rings is 5. The van der Waals surface area contributed by atoms with Crippen LogP contribution in [0.1, 0.15) is 11.5 Å². The van der Waals surface area contributed by atoms with Gasteiger partial charge in [-0.1, -0.05) is 78.9 Å². The normalized spacial score (nSPS) is 19.9. The molecule has 6 rings (SSSR count). The third-order valence-corrected chi connectivity index (χ3v) is 7.52. The summed E-state index contributed by atoms with van der Waals surface area (Å²) < 4.78 is 0. The number of hydrogen-bond acceptors (Lipinski definition) is 6. The maximum Gasteiger partial charge on any atom is 0.124 e. The molecule has 40 heavy (non-hydrogen) atoms. The van der Waals surface area contributed by atoms with E-state index < -0.39 is 24.2 Å². The number of aliphatic hydroxyl groups excluding tert-OH is 1. The number of aromatic hydroxyl groups is 2. The number of hydrogen-bond donors (Lipinski definition) is 3. The van der Waals surface area contributed by atoms with Gasteiger partial charge in [0, 0.05) is 52.4 Å². The molecular weight excluding hydrogens is 500 g/mol. The predicted molar refractivity (Wildman–Crippen MR) is 156 cm³/mol. The predicted octanol–water partition coefficient (Wildman–Crippen LogP) is 5.96. The van der Waals surface area contributed by atoms with Crippen LogP contribution in [0.15, 0.2) is 133 Å². The summed E-state index contributed by atoms with van der Waals surface area (Å²) in [5.74, 6) is -1.46. The lowest BCUT2D eigenvalue weighted by Gasteiger charge is -2.58. The summed E-state index contributed by atoms with van der Waals surface area (Å²) >= 11 is 0. The molecule has 1 aliphatic rings. The molecule has 0 aliphatic heterocycles. The van der Waals surface area contributed by atoms with Gasteiger partial charge < -0.3 is 30.2 Å². The summed E-state index contributed by atoms with van der Waals surface area (Å²) in [6, 6.07) is 40.4. The molecule has 0 saturated heterocycles. The summed E-state index contributed by atoms with van der Waals surface area (Å²) in [5.41, 5.74) is 3.83. The van der Waals surface area contributed by atoms with Gasteiger partial charge in [-0.2, -0.15) is 0 Å². The van der Waals surface area contributed by atoms with Gasteiger partial charge in [-0.15, -0.1) is 0 Å². The van der Waals surface area contributed by atoms with Crippen LogP contribution in [0.4, 0.5) is 28.4 Å². The molecule has 0 bridgehead atoms. The van der Waals surface area contributed by atoms with E-state index in [1.807, 2.05) is 131 Å². The fourth-order valence-electron chi connectivity index (χ4n) is 5.65. The van der Waals surface area contributed by atoms with Crippen LogP contribution in [-0.4, -0.2) is 33.6 Å². The van der Waals surface area contributed by atoms with Crippen molar-refractivity contribution in [2.45, 2.75) is 24.2 Å². The van der Waals surface area contributed by atoms with Gasteiger partial charge in [-0.25, -0.2) is 0 Å². The monoisotopic (exact) mass is 529 g/mol. The first kappa shape index (κ1) is 25.5. The minimum Gasteiger partial charge on any atom is -0.850 e. The molecule has 4 unspecified atom stereocenters. The van der Waals surface area contributed by atoms with Crippen LogP contribution in [0.2, 0.25) is 0 Å². The van der Waals surface area contributed by atoms with E-state index in [0.29, 0.717) is 5.69 Å². The number of rotatable bonds is 7. The Kier molecular flexibility index (Phi) is 6.86. The first-order valence-electron chi connectivity index (χ1n) is 13.2. The van der Waals surface area contributed by atoms with E-state index in [-0.39, 0.29) is 17.1 Å². The lowest BCUT2D eigenvalue weighted by molar-refractivity contribution is -0.459. The van der Waals surface area contributed by atoms with Crippen molar-refractivity contribution in [1.29, 1.82) is 0 Å². The van der Waals surface area contributed by atoms with E-state index in [1.54, 1.807) is 0 Å². The van der Waals surface area contributed by atoms with Gasteiger partial charge >= 0.3 is 0 Å². The Hall–Kier alpha value is -4.78. The van der Waals surface area contributed by atoms with Gasteiger partial charge in [0.25, 0.3) is 0 Å². The molecule has 0 spiro atoms. The molecule has 0 radical (unpaired) electrons. The Labute approximate surface area is 233 Å². The molecule has 0 aromatic heterocycles. The van der Waals surface area contributed by atoms with Crippen LogP contribution >= 0.6 is 0 Å². The van der Waals surface area contributed by atoms with Gasteiger partial charge in [0.1, 0.15) is 11.5 Å². The van der Waals surface area contributed by atoms with E-state index in [0.717, 1.165) is 22.7 Å². The number of nitrogens with zero attached hydrogens (tertiary/aromatic N) is 2. The smallest absolute Gasteiger partial charge is 0.124 e. The van der Waals surface area contributed by atoms with Crippen molar-refractivity contribution >= 4 is 28.4 Å². The zero-order valence-corrected chi connectivity index (χ0v) is 21.7. The average molecular weight is 530 g/mol. The molecule has 0 amide bonds. The van der Waals surface area contributed by atoms with E-state index >= 15 is 0 Å². The number of anilines is 5. The zero-order chi connectivity index (χ0) is 27.6. The first-order valence-corrected chi connectivity index (χ1v) is 13.2. The second-order valence-electron chi connectivity index (χ2n) is 9.92. The quantitative estimate of drug-likeness (QED) is 0.241. The summed E-state index contributed by atoms with van der Waals surface area (Å²) in [4.78, 5) is 3.75. The molecule has 4 atom stereocenters. The average Bonchev–Trinajstić information content (AvgIpc) is 2.99. The molecule has 3 N–H and O–H groups in total. The van der Waals surface area contributed by atoms with E-state index in [2.05, 4.69) is 0 Å². The number of para-hydroxylation sites is 4. The van der Waals surface area contributed by atoms with Crippen molar-refractivity contribution in [3.8, 4) is 11.5 Å². The molecule has 1 aliphatic carbocycles. The van der Waals surface area contributed by atoms with Crippen molar-refractivity contribution in [1.82, 2.24) is 0 Å². The van der Waals surface area contributed by atoms with Crippen LogP contribution < -0.4 is 14.9 Å². The Morgan fingerprint density at radius 1 is 0.525 bits per heavy atom. The number of phenols is 2. The highest BCUT2D eigenvalue weighted by atomic mass is 16.3. The third kappa shape index (κ3) is 4.53. The summed E-state index contributed by atoms with van der Waals surface area (Å²) in [5, 5.41) is 47.6. The SMILES string of the molecule is [O-]C1C(c2c(O)cc(N(c3ccccc3)c3ccccc3)cc2O)C(O)C1N(c1ccccc1)c1ccccc1. The maximum absolute atomic E-state index is 13.8. The van der Waals surface area contributed by atoms with Crippen LogP contribution in [0.25, 0.3) is 0 Å². The zero-order valence-electron chi connectivity index (χ0n) is 21.7. The molecule has 0 heterocycles. The molecule has 1 saturated carbocycles. The fourth-order valence-corrected chi connectivity index (χ4v) is 5.65. The van der Waals surface area contributed by atoms with Gasteiger partial charge in [0.05, 0.1) is 11.8 Å². The standard InChI is InChI=1S/C34H29N2O4/c37-28-21-27(35(23-13-5-1-6-14-23)24-15-7-2-8-16-24)22-29(38)30(28)31-33(39)32(34(31)40)36(25-17-9-3-10-18-25)26-19-11-4-12-20-26/h1-22,31-34,37-39H/q-1. The number of aliphatic hydroxyl groups is 1. The van der Waals surface area contributed by atoms with Crippen LogP contribution in [0, 0.1) is 0 Å². The topological polar surface area (TPSA) is 90.2 Å². The van der Waals surface area contributed by atoms with E-state index in [9.17, 15) is 20.4 Å². The highest BCUT2D eigenvalue weighted by Crippen LogP contribution is 2.50. The first-order chi connectivity index (χ1) is 19.5. The molecular formula is C34H29N2O4-. The summed E-state index contributed by atoms with van der Waals surface area (Å²) in [7, 11) is 0. The third-order valence-electron chi connectivity index (χ3n) is 7.52. The largest absolute Gasteiger partial charge is 0.850 e. The lowest BCUT2D eigenvalue weighted by Crippen LogP contribution is -2.69. The second-order valence-corrected chi connectivity index (χ2v) is 9.92. The second kappa shape index (κ2) is 10.8. The van der Waals surface area contributed by atoms with Gasteiger partial charge in [-0.3, -0.25) is 0 Å². The molecule has 5 aromatic rings. The highest BCUT2D eigenvalue weighted by molar-refractivity contribution is 5.79. The molecule has 5 aromatic carbocycles. The van der Waals surface area contributed by atoms with Crippen molar-refractivity contribution in [2.75, 3.05) is 9.80 Å². The summed E-state index contributed by atoms with van der Waals surface area (Å²) in [6.45, 7) is 0. The molecule has 200 valence electrons. The van der Waals surface area contributed by atoms with Gasteiger partial charge in [0.2, 0.25) is 0 Å². The van der Waals surface area contributed by atoms with Crippen LogP contribution in [0.5, 0.6) is 11.5 Å². The Bertz CT molecular complexity index is 1450. The molecule has 6 heteroatoms. The maximum atomic E-state index is 13.8. The number of phenolic OH excluding ortho intramolecular Hbond substituents is 2. The molecule has 6 nitrogen and oxygen atoms in total. The summed E-state index contributed by atoms with van der Waals surface area (Å²) in [6.07, 6.45) is -2.43. The Morgan fingerprint density at radius 3 is 1.27 bits per heavy atom. The minimum absolute atomic E-state index is 0.0645. The highest BCUT2D eigenvalue weighted by Gasteiger charge is 2.49. The fraction of sp³-hybridized carbons (Fsp3) is 0.118. The van der Waals surface area contributed by atoms with Crippen LogP contribution in [-0.2, 0) is 0 Å².